The Morgan fingerprint density at radius 1 is 1.22 bits per heavy atom. The van der Waals surface area contributed by atoms with Crippen LogP contribution >= 0.6 is 11.8 Å². The van der Waals surface area contributed by atoms with Gasteiger partial charge in [0.2, 0.25) is 0 Å². The summed E-state index contributed by atoms with van der Waals surface area (Å²) in [7, 11) is 0. The summed E-state index contributed by atoms with van der Waals surface area (Å²) in [5.74, 6) is -3.99. The van der Waals surface area contributed by atoms with E-state index in [1.54, 1.807) is 30.8 Å². The van der Waals surface area contributed by atoms with Gasteiger partial charge < -0.3 is 5.32 Å². The molecule has 0 bridgehead atoms. The van der Waals surface area contributed by atoms with Crippen LogP contribution in [-0.4, -0.2) is 25.1 Å². The van der Waals surface area contributed by atoms with Gasteiger partial charge in [-0.2, -0.15) is 8.78 Å². The second-order valence-corrected chi connectivity index (χ2v) is 4.82. The van der Waals surface area contributed by atoms with E-state index < -0.39 is 24.9 Å². The van der Waals surface area contributed by atoms with E-state index in [9.17, 15) is 17.6 Å². The Morgan fingerprint density at radius 3 is 2.22 bits per heavy atom. The molecule has 0 saturated heterocycles. The smallest absolute Gasteiger partial charge is 0.304 e. The molecule has 102 valence electrons. The van der Waals surface area contributed by atoms with Gasteiger partial charge in [0.25, 0.3) is 0 Å². The molecule has 1 aromatic carbocycles. The van der Waals surface area contributed by atoms with Gasteiger partial charge in [-0.3, -0.25) is 0 Å². The largest absolute Gasteiger partial charge is 0.319 e. The van der Waals surface area contributed by atoms with Gasteiger partial charge in [-0.1, -0.05) is 12.1 Å². The summed E-state index contributed by atoms with van der Waals surface area (Å²) in [5, 5.41) is 2.42. The third-order valence-corrected chi connectivity index (χ3v) is 3.32. The SMILES string of the molecule is CSc1ccc(C(C)NCC(F)(F)C(F)F)cc1. The maximum absolute atomic E-state index is 12.7. The lowest BCUT2D eigenvalue weighted by molar-refractivity contribution is -0.126. The van der Waals surface area contributed by atoms with Crippen LogP contribution in [-0.2, 0) is 0 Å². The first-order chi connectivity index (χ1) is 8.36. The molecule has 0 heterocycles. The molecule has 0 radical (unpaired) electrons. The molecule has 1 aromatic rings. The number of halogens is 4. The summed E-state index contributed by atoms with van der Waals surface area (Å²) in [5.41, 5.74) is 0.790. The molecule has 1 N–H and O–H groups in total. The highest BCUT2D eigenvalue weighted by Gasteiger charge is 2.40. The van der Waals surface area contributed by atoms with Crippen LogP contribution in [0.3, 0.4) is 0 Å². The van der Waals surface area contributed by atoms with E-state index in [0.29, 0.717) is 0 Å². The highest BCUT2D eigenvalue weighted by Crippen LogP contribution is 2.24. The Morgan fingerprint density at radius 2 is 1.78 bits per heavy atom. The average Bonchev–Trinajstić information content (AvgIpc) is 2.36. The maximum atomic E-state index is 12.7. The van der Waals surface area contributed by atoms with Crippen molar-refractivity contribution in [2.45, 2.75) is 30.2 Å². The minimum absolute atomic E-state index is 0.398. The second-order valence-electron chi connectivity index (χ2n) is 3.94. The number of hydrogen-bond acceptors (Lipinski definition) is 2. The van der Waals surface area contributed by atoms with Gasteiger partial charge in [0.05, 0.1) is 6.54 Å². The van der Waals surface area contributed by atoms with Gasteiger partial charge in [-0.05, 0) is 30.9 Å². The molecule has 1 nitrogen and oxygen atoms in total. The van der Waals surface area contributed by atoms with Crippen LogP contribution in [0.2, 0.25) is 0 Å². The molecular formula is C12H15F4NS. The normalized spacial score (nSPS) is 13.9. The van der Waals surface area contributed by atoms with E-state index in [4.69, 9.17) is 0 Å². The standard InChI is InChI=1S/C12H15F4NS/c1-8(17-7-12(15,16)11(13)14)9-3-5-10(18-2)6-4-9/h3-6,8,11,17H,7H2,1-2H3. The predicted molar refractivity (Wildman–Crippen MR) is 65.6 cm³/mol. The van der Waals surface area contributed by atoms with E-state index >= 15 is 0 Å². The van der Waals surface area contributed by atoms with Crippen LogP contribution in [0, 0.1) is 0 Å². The molecule has 0 amide bonds. The topological polar surface area (TPSA) is 12.0 Å². The van der Waals surface area contributed by atoms with Crippen LogP contribution in [0.5, 0.6) is 0 Å². The maximum Gasteiger partial charge on any atom is 0.319 e. The van der Waals surface area contributed by atoms with Crippen molar-refractivity contribution in [2.24, 2.45) is 0 Å². The number of benzene rings is 1. The first-order valence-electron chi connectivity index (χ1n) is 5.40. The van der Waals surface area contributed by atoms with Crippen LogP contribution in [0.1, 0.15) is 18.5 Å². The summed E-state index contributed by atoms with van der Waals surface area (Å²) in [4.78, 5) is 1.06. The third kappa shape index (κ3) is 4.17. The number of rotatable bonds is 6. The van der Waals surface area contributed by atoms with Gasteiger partial charge in [0.15, 0.2) is 0 Å². The van der Waals surface area contributed by atoms with Gasteiger partial charge in [0.1, 0.15) is 0 Å². The Labute approximate surface area is 108 Å². The Bertz CT molecular complexity index is 367. The van der Waals surface area contributed by atoms with E-state index in [1.807, 2.05) is 18.4 Å². The van der Waals surface area contributed by atoms with Crippen LogP contribution < -0.4 is 5.32 Å². The van der Waals surface area contributed by atoms with Crippen molar-refractivity contribution >= 4 is 11.8 Å². The highest BCUT2D eigenvalue weighted by molar-refractivity contribution is 7.98. The minimum atomic E-state index is -3.99. The number of hydrogen-bond donors (Lipinski definition) is 1. The van der Waals surface area contributed by atoms with Crippen LogP contribution in [0.4, 0.5) is 17.6 Å². The van der Waals surface area contributed by atoms with Crippen molar-refractivity contribution in [1.82, 2.24) is 5.32 Å². The van der Waals surface area contributed by atoms with Crippen LogP contribution in [0.15, 0.2) is 29.2 Å². The molecule has 18 heavy (non-hydrogen) atoms. The molecule has 0 aliphatic heterocycles. The quantitative estimate of drug-likeness (QED) is 0.625. The lowest BCUT2D eigenvalue weighted by Crippen LogP contribution is -2.39. The summed E-state index contributed by atoms with van der Waals surface area (Å²) in [6.07, 6.45) is -1.71. The van der Waals surface area contributed by atoms with E-state index in [1.165, 1.54) is 0 Å². The summed E-state index contributed by atoms with van der Waals surface area (Å²) >= 11 is 1.57. The summed E-state index contributed by atoms with van der Waals surface area (Å²) in [6, 6.07) is 6.92. The predicted octanol–water partition coefficient (Wildman–Crippen LogP) is 3.96. The van der Waals surface area contributed by atoms with E-state index in [-0.39, 0.29) is 0 Å². The lowest BCUT2D eigenvalue weighted by Gasteiger charge is -2.20. The van der Waals surface area contributed by atoms with Crippen molar-refractivity contribution in [2.75, 3.05) is 12.8 Å². The fraction of sp³-hybridized carbons (Fsp3) is 0.500. The highest BCUT2D eigenvalue weighted by atomic mass is 32.2. The van der Waals surface area contributed by atoms with Crippen LogP contribution in [0.25, 0.3) is 0 Å². The first-order valence-corrected chi connectivity index (χ1v) is 6.62. The van der Waals surface area contributed by atoms with Gasteiger partial charge in [-0.15, -0.1) is 11.8 Å². The number of thioether (sulfide) groups is 1. The van der Waals surface area contributed by atoms with Crippen molar-refractivity contribution in [1.29, 1.82) is 0 Å². The van der Waals surface area contributed by atoms with Gasteiger partial charge in [-0.25, -0.2) is 8.78 Å². The molecule has 0 saturated carbocycles. The molecular weight excluding hydrogens is 266 g/mol. The minimum Gasteiger partial charge on any atom is -0.304 e. The van der Waals surface area contributed by atoms with Gasteiger partial charge in [0, 0.05) is 10.9 Å². The first kappa shape index (κ1) is 15.3. The average molecular weight is 281 g/mol. The molecule has 1 rings (SSSR count). The van der Waals surface area contributed by atoms with Crippen molar-refractivity contribution < 1.29 is 17.6 Å². The zero-order valence-electron chi connectivity index (χ0n) is 10.1. The molecule has 0 aliphatic rings. The summed E-state index contributed by atoms with van der Waals surface area (Å²) in [6.45, 7) is 0.631. The fourth-order valence-electron chi connectivity index (χ4n) is 1.38. The molecule has 1 atom stereocenters. The van der Waals surface area contributed by atoms with Crippen molar-refractivity contribution in [3.8, 4) is 0 Å². The summed E-state index contributed by atoms with van der Waals surface area (Å²) < 4.78 is 49.4. The second kappa shape index (κ2) is 6.43. The lowest BCUT2D eigenvalue weighted by atomic mass is 10.1. The number of alkyl halides is 4. The molecule has 0 aliphatic carbocycles. The van der Waals surface area contributed by atoms with E-state index in [2.05, 4.69) is 5.32 Å². The number of nitrogens with one attached hydrogen (secondary N) is 1. The molecule has 0 aromatic heterocycles. The Hall–Kier alpha value is -0.750. The molecule has 1 unspecified atom stereocenters. The van der Waals surface area contributed by atoms with E-state index in [0.717, 1.165) is 10.5 Å². The Balaban J connectivity index is 2.57. The molecule has 0 fully saturated rings. The molecule has 0 spiro atoms. The van der Waals surface area contributed by atoms with Crippen molar-refractivity contribution in [3.05, 3.63) is 29.8 Å². The monoisotopic (exact) mass is 281 g/mol. The van der Waals surface area contributed by atoms with Gasteiger partial charge >= 0.3 is 12.3 Å². The molecule has 6 heteroatoms. The third-order valence-electron chi connectivity index (χ3n) is 2.58. The van der Waals surface area contributed by atoms with Crippen molar-refractivity contribution in [3.63, 3.8) is 0 Å². The zero-order valence-corrected chi connectivity index (χ0v) is 10.9. The fourth-order valence-corrected chi connectivity index (χ4v) is 1.79. The zero-order chi connectivity index (χ0) is 13.8. The Kier molecular flexibility index (Phi) is 5.47.